The van der Waals surface area contributed by atoms with Gasteiger partial charge in [-0.2, -0.15) is 0 Å². The van der Waals surface area contributed by atoms with Crippen molar-refractivity contribution in [1.29, 1.82) is 0 Å². The van der Waals surface area contributed by atoms with Gasteiger partial charge in [-0.05, 0) is 30.8 Å². The van der Waals surface area contributed by atoms with Gasteiger partial charge >= 0.3 is 0 Å². The number of likely N-dealkylation sites (N-methyl/N-ethyl adjacent to an activating group) is 1. The topological polar surface area (TPSA) is 55.8 Å². The van der Waals surface area contributed by atoms with E-state index in [0.717, 1.165) is 63.0 Å². The molecule has 2 saturated heterocycles. The summed E-state index contributed by atoms with van der Waals surface area (Å²) in [6.07, 6.45) is 3.57. The lowest BCUT2D eigenvalue weighted by atomic mass is 10.2. The van der Waals surface area contributed by atoms with Crippen LogP contribution in [0.3, 0.4) is 0 Å². The van der Waals surface area contributed by atoms with Gasteiger partial charge in [0.05, 0.1) is 0 Å². The van der Waals surface area contributed by atoms with Crippen molar-refractivity contribution in [1.82, 2.24) is 19.8 Å². The van der Waals surface area contributed by atoms with Crippen molar-refractivity contribution in [3.63, 3.8) is 0 Å². The van der Waals surface area contributed by atoms with Gasteiger partial charge in [-0.15, -0.1) is 0 Å². The number of amides is 1. The number of carbonyl (C=O) groups excluding carboxylic acids is 1. The van der Waals surface area contributed by atoms with Gasteiger partial charge in [-0.1, -0.05) is 13.0 Å². The standard InChI is InChI=1S/C21H28N6O/c1-2-24-9-11-26(12-10-24)20-17-18(6-8-23-20)21(28)27-15-13-25(14-16-27)19-5-3-4-7-22-19/h3-8,17H,2,9-16H2,1H3. The molecule has 2 aliphatic rings. The van der Waals surface area contributed by atoms with Gasteiger partial charge in [0.1, 0.15) is 11.6 Å². The summed E-state index contributed by atoms with van der Waals surface area (Å²) in [4.78, 5) is 30.8. The molecule has 0 saturated carbocycles. The molecule has 2 aliphatic heterocycles. The minimum absolute atomic E-state index is 0.0940. The Morgan fingerprint density at radius 2 is 1.54 bits per heavy atom. The molecule has 2 aromatic rings. The second-order valence-corrected chi connectivity index (χ2v) is 7.29. The Kier molecular flexibility index (Phi) is 5.71. The summed E-state index contributed by atoms with van der Waals surface area (Å²) in [5.41, 5.74) is 0.731. The van der Waals surface area contributed by atoms with Gasteiger partial charge in [0.25, 0.3) is 5.91 Å². The summed E-state index contributed by atoms with van der Waals surface area (Å²) >= 11 is 0. The van der Waals surface area contributed by atoms with E-state index in [9.17, 15) is 4.79 Å². The molecule has 7 heteroatoms. The van der Waals surface area contributed by atoms with Crippen LogP contribution >= 0.6 is 0 Å². The van der Waals surface area contributed by atoms with Gasteiger partial charge in [-0.3, -0.25) is 4.79 Å². The number of carbonyl (C=O) groups is 1. The van der Waals surface area contributed by atoms with Crippen LogP contribution in [0.4, 0.5) is 11.6 Å². The molecule has 7 nitrogen and oxygen atoms in total. The lowest BCUT2D eigenvalue weighted by Crippen LogP contribution is -2.49. The third-order valence-corrected chi connectivity index (χ3v) is 5.68. The Bertz CT molecular complexity index is 782. The first-order valence-corrected chi connectivity index (χ1v) is 10.1. The van der Waals surface area contributed by atoms with Crippen molar-refractivity contribution in [2.75, 3.05) is 68.7 Å². The molecule has 0 radical (unpaired) electrons. The molecule has 28 heavy (non-hydrogen) atoms. The Morgan fingerprint density at radius 3 is 2.21 bits per heavy atom. The van der Waals surface area contributed by atoms with E-state index in [4.69, 9.17) is 0 Å². The molecule has 4 heterocycles. The highest BCUT2D eigenvalue weighted by Crippen LogP contribution is 2.18. The van der Waals surface area contributed by atoms with Crippen LogP contribution in [0.15, 0.2) is 42.7 Å². The summed E-state index contributed by atoms with van der Waals surface area (Å²) in [5.74, 6) is 1.98. The Labute approximate surface area is 166 Å². The van der Waals surface area contributed by atoms with E-state index in [0.29, 0.717) is 13.1 Å². The van der Waals surface area contributed by atoms with Crippen LogP contribution in [0.2, 0.25) is 0 Å². The lowest BCUT2D eigenvalue weighted by molar-refractivity contribution is 0.0746. The second kappa shape index (κ2) is 8.56. The van der Waals surface area contributed by atoms with Gasteiger partial charge in [0.2, 0.25) is 0 Å². The maximum Gasteiger partial charge on any atom is 0.254 e. The molecule has 0 spiro atoms. The fraction of sp³-hybridized carbons (Fsp3) is 0.476. The fourth-order valence-corrected chi connectivity index (χ4v) is 3.88. The lowest BCUT2D eigenvalue weighted by Gasteiger charge is -2.36. The maximum atomic E-state index is 13.0. The van der Waals surface area contributed by atoms with E-state index in [1.807, 2.05) is 41.4 Å². The predicted octanol–water partition coefficient (Wildman–Crippen LogP) is 1.58. The van der Waals surface area contributed by atoms with E-state index < -0.39 is 0 Å². The number of nitrogens with zero attached hydrogens (tertiary/aromatic N) is 6. The molecule has 2 fully saturated rings. The normalized spacial score (nSPS) is 18.4. The highest BCUT2D eigenvalue weighted by Gasteiger charge is 2.24. The van der Waals surface area contributed by atoms with Crippen molar-refractivity contribution in [2.45, 2.75) is 6.92 Å². The highest BCUT2D eigenvalue weighted by atomic mass is 16.2. The summed E-state index contributed by atoms with van der Waals surface area (Å²) in [7, 11) is 0. The largest absolute Gasteiger partial charge is 0.354 e. The molecule has 4 rings (SSSR count). The first-order valence-electron chi connectivity index (χ1n) is 10.1. The van der Waals surface area contributed by atoms with Gasteiger partial charge < -0.3 is 19.6 Å². The van der Waals surface area contributed by atoms with Crippen LogP contribution in [0.1, 0.15) is 17.3 Å². The van der Waals surface area contributed by atoms with Crippen molar-refractivity contribution >= 4 is 17.5 Å². The predicted molar refractivity (Wildman–Crippen MR) is 111 cm³/mol. The molecule has 0 atom stereocenters. The minimum atomic E-state index is 0.0940. The smallest absolute Gasteiger partial charge is 0.254 e. The first-order chi connectivity index (χ1) is 13.7. The summed E-state index contributed by atoms with van der Waals surface area (Å²) in [6, 6.07) is 9.73. The van der Waals surface area contributed by atoms with Crippen molar-refractivity contribution in [3.8, 4) is 0 Å². The fourth-order valence-electron chi connectivity index (χ4n) is 3.88. The highest BCUT2D eigenvalue weighted by molar-refractivity contribution is 5.95. The van der Waals surface area contributed by atoms with E-state index >= 15 is 0 Å². The summed E-state index contributed by atoms with van der Waals surface area (Å²) in [6.45, 7) is 10.3. The molecule has 2 aromatic heterocycles. The van der Waals surface area contributed by atoms with Crippen molar-refractivity contribution in [2.24, 2.45) is 0 Å². The van der Waals surface area contributed by atoms with E-state index in [2.05, 4.69) is 31.6 Å². The van der Waals surface area contributed by atoms with Gasteiger partial charge in [0.15, 0.2) is 0 Å². The molecule has 148 valence electrons. The zero-order valence-corrected chi connectivity index (χ0v) is 16.5. The van der Waals surface area contributed by atoms with E-state index in [1.165, 1.54) is 0 Å². The Hall–Kier alpha value is -2.67. The molecule has 0 aliphatic carbocycles. The van der Waals surface area contributed by atoms with Crippen LogP contribution in [0, 0.1) is 0 Å². The van der Waals surface area contributed by atoms with Crippen LogP contribution in [0.25, 0.3) is 0 Å². The Balaban J connectivity index is 1.38. The first kappa shape index (κ1) is 18.7. The maximum absolute atomic E-state index is 13.0. The van der Waals surface area contributed by atoms with E-state index in [-0.39, 0.29) is 5.91 Å². The quantitative estimate of drug-likeness (QED) is 0.803. The SMILES string of the molecule is CCN1CCN(c2cc(C(=O)N3CCN(c4ccccn4)CC3)ccn2)CC1. The Morgan fingerprint density at radius 1 is 0.857 bits per heavy atom. The average molecular weight is 380 g/mol. The van der Waals surface area contributed by atoms with Crippen molar-refractivity contribution in [3.05, 3.63) is 48.3 Å². The minimum Gasteiger partial charge on any atom is -0.354 e. The van der Waals surface area contributed by atoms with Crippen LogP contribution in [-0.4, -0.2) is 84.6 Å². The van der Waals surface area contributed by atoms with E-state index in [1.54, 1.807) is 6.20 Å². The molecule has 0 bridgehead atoms. The van der Waals surface area contributed by atoms with Crippen LogP contribution < -0.4 is 9.80 Å². The van der Waals surface area contributed by atoms with Gasteiger partial charge in [-0.25, -0.2) is 9.97 Å². The van der Waals surface area contributed by atoms with Gasteiger partial charge in [0, 0.05) is 70.3 Å². The number of pyridine rings is 2. The zero-order chi connectivity index (χ0) is 19.3. The molecular formula is C21H28N6O. The zero-order valence-electron chi connectivity index (χ0n) is 16.5. The summed E-state index contributed by atoms with van der Waals surface area (Å²) in [5, 5.41) is 0. The number of hydrogen-bond acceptors (Lipinski definition) is 6. The number of anilines is 2. The molecule has 0 N–H and O–H groups in total. The second-order valence-electron chi connectivity index (χ2n) is 7.29. The average Bonchev–Trinajstić information content (AvgIpc) is 2.79. The van der Waals surface area contributed by atoms with Crippen LogP contribution in [0.5, 0.6) is 0 Å². The molecule has 1 amide bonds. The summed E-state index contributed by atoms with van der Waals surface area (Å²) < 4.78 is 0. The number of rotatable bonds is 4. The van der Waals surface area contributed by atoms with Crippen molar-refractivity contribution < 1.29 is 4.79 Å². The van der Waals surface area contributed by atoms with Crippen LogP contribution in [-0.2, 0) is 0 Å². The molecule has 0 unspecified atom stereocenters. The molecular weight excluding hydrogens is 352 g/mol. The monoisotopic (exact) mass is 380 g/mol. The number of hydrogen-bond donors (Lipinski definition) is 0. The third kappa shape index (κ3) is 4.09. The number of aromatic nitrogens is 2. The number of piperazine rings is 2. The molecule has 0 aromatic carbocycles. The third-order valence-electron chi connectivity index (χ3n) is 5.68.